The van der Waals surface area contributed by atoms with E-state index in [0.717, 1.165) is 30.2 Å². The molecule has 0 saturated heterocycles. The van der Waals surface area contributed by atoms with Gasteiger partial charge in [0.1, 0.15) is 5.58 Å². The Balaban J connectivity index is 1.56. The number of benzene rings is 2. The fraction of sp³-hybridized carbons (Fsp3) is 0.263. The van der Waals surface area contributed by atoms with E-state index >= 15 is 0 Å². The van der Waals surface area contributed by atoms with Crippen LogP contribution in [0.4, 0.5) is 0 Å². The van der Waals surface area contributed by atoms with E-state index in [2.05, 4.69) is 16.9 Å². The molecule has 0 unspecified atom stereocenters. The summed E-state index contributed by atoms with van der Waals surface area (Å²) in [6, 6.07) is 15.2. The van der Waals surface area contributed by atoms with Crippen LogP contribution in [-0.4, -0.2) is 15.0 Å². The first kappa shape index (κ1) is 16.7. The minimum atomic E-state index is -3.48. The number of hydrogen-bond donors (Lipinski definition) is 1. The number of unbranched alkanes of at least 4 members (excludes halogenated alkanes) is 1. The van der Waals surface area contributed by atoms with Gasteiger partial charge in [0, 0.05) is 11.9 Å². The van der Waals surface area contributed by atoms with Crippen LogP contribution in [-0.2, 0) is 16.4 Å². The minimum absolute atomic E-state index is 0.280. The molecule has 0 bridgehead atoms. The van der Waals surface area contributed by atoms with Crippen molar-refractivity contribution in [3.63, 3.8) is 0 Å². The highest BCUT2D eigenvalue weighted by Crippen LogP contribution is 2.23. The number of furan rings is 1. The lowest BCUT2D eigenvalue weighted by molar-refractivity contribution is 0.576. The highest BCUT2D eigenvalue weighted by Gasteiger charge is 2.15. The molecule has 0 spiro atoms. The van der Waals surface area contributed by atoms with Gasteiger partial charge >= 0.3 is 0 Å². The summed E-state index contributed by atoms with van der Waals surface area (Å²) in [5.41, 5.74) is 2.92. The monoisotopic (exact) mass is 343 g/mol. The van der Waals surface area contributed by atoms with Crippen molar-refractivity contribution in [2.45, 2.75) is 31.1 Å². The van der Waals surface area contributed by atoms with E-state index in [9.17, 15) is 8.42 Å². The summed E-state index contributed by atoms with van der Waals surface area (Å²) < 4.78 is 32.8. The first-order chi connectivity index (χ1) is 11.6. The number of hydrogen-bond acceptors (Lipinski definition) is 3. The lowest BCUT2D eigenvalue weighted by atomic mass is 10.1. The molecule has 4 nitrogen and oxygen atoms in total. The lowest BCUT2D eigenvalue weighted by Crippen LogP contribution is -2.24. The fourth-order valence-electron chi connectivity index (χ4n) is 2.69. The summed E-state index contributed by atoms with van der Waals surface area (Å²) in [7, 11) is -3.48. The third kappa shape index (κ3) is 3.86. The van der Waals surface area contributed by atoms with Crippen LogP contribution in [0.5, 0.6) is 0 Å². The summed E-state index contributed by atoms with van der Waals surface area (Å²) >= 11 is 0. The van der Waals surface area contributed by atoms with Gasteiger partial charge in [-0.25, -0.2) is 13.1 Å². The summed E-state index contributed by atoms with van der Waals surface area (Å²) in [5.74, 6) is 0. The van der Waals surface area contributed by atoms with Crippen LogP contribution in [0.25, 0.3) is 11.0 Å². The zero-order chi connectivity index (χ0) is 17.0. The molecule has 0 aliphatic carbocycles. The van der Waals surface area contributed by atoms with Crippen LogP contribution in [0.15, 0.2) is 64.1 Å². The van der Waals surface area contributed by atoms with E-state index in [4.69, 9.17) is 4.42 Å². The number of nitrogens with one attached hydrogen (secondary N) is 1. The first-order valence-electron chi connectivity index (χ1n) is 8.08. The summed E-state index contributed by atoms with van der Waals surface area (Å²) in [4.78, 5) is 0.280. The molecule has 5 heteroatoms. The van der Waals surface area contributed by atoms with Gasteiger partial charge in [-0.3, -0.25) is 0 Å². The average molecular weight is 343 g/mol. The van der Waals surface area contributed by atoms with Gasteiger partial charge in [0.2, 0.25) is 10.0 Å². The van der Waals surface area contributed by atoms with Crippen molar-refractivity contribution in [2.75, 3.05) is 6.54 Å². The van der Waals surface area contributed by atoms with E-state index in [1.54, 1.807) is 24.5 Å². The molecule has 3 aromatic rings. The molecule has 126 valence electrons. The number of rotatable bonds is 7. The van der Waals surface area contributed by atoms with E-state index in [1.165, 1.54) is 5.56 Å². The predicted molar refractivity (Wildman–Crippen MR) is 95.5 cm³/mol. The molecule has 0 radical (unpaired) electrons. The molecular weight excluding hydrogens is 322 g/mol. The van der Waals surface area contributed by atoms with Gasteiger partial charge in [-0.2, -0.15) is 0 Å². The lowest BCUT2D eigenvalue weighted by Gasteiger charge is -2.07. The summed E-state index contributed by atoms with van der Waals surface area (Å²) in [5, 5.41) is 0.835. The highest BCUT2D eigenvalue weighted by molar-refractivity contribution is 7.89. The second kappa shape index (κ2) is 7.20. The average Bonchev–Trinajstić information content (AvgIpc) is 2.96. The molecule has 0 aliphatic heterocycles. The Labute approximate surface area is 142 Å². The maximum absolute atomic E-state index is 12.4. The van der Waals surface area contributed by atoms with Gasteiger partial charge in [0.25, 0.3) is 0 Å². The van der Waals surface area contributed by atoms with Crippen molar-refractivity contribution in [2.24, 2.45) is 0 Å². The second-order valence-corrected chi connectivity index (χ2v) is 7.68. The fourth-order valence-corrected chi connectivity index (χ4v) is 3.79. The van der Waals surface area contributed by atoms with Crippen molar-refractivity contribution in [3.05, 3.63) is 65.9 Å². The topological polar surface area (TPSA) is 59.3 Å². The van der Waals surface area contributed by atoms with Crippen LogP contribution < -0.4 is 4.72 Å². The van der Waals surface area contributed by atoms with Crippen LogP contribution in [0.3, 0.4) is 0 Å². The minimum Gasteiger partial charge on any atom is -0.464 e. The Morgan fingerprint density at radius 1 is 1.04 bits per heavy atom. The third-order valence-corrected chi connectivity index (χ3v) is 5.53. The number of fused-ring (bicyclic) bond motifs is 1. The molecule has 0 atom stereocenters. The van der Waals surface area contributed by atoms with Crippen molar-refractivity contribution in [1.82, 2.24) is 4.72 Å². The third-order valence-electron chi connectivity index (χ3n) is 4.08. The molecule has 3 rings (SSSR count). The quantitative estimate of drug-likeness (QED) is 0.659. The molecule has 1 N–H and O–H groups in total. The van der Waals surface area contributed by atoms with E-state index in [1.807, 2.05) is 25.1 Å². The zero-order valence-electron chi connectivity index (χ0n) is 13.7. The molecule has 24 heavy (non-hydrogen) atoms. The maximum atomic E-state index is 12.4. The van der Waals surface area contributed by atoms with Gasteiger partial charge in [-0.1, -0.05) is 30.3 Å². The van der Waals surface area contributed by atoms with Gasteiger partial charge in [0.15, 0.2) is 0 Å². The first-order valence-corrected chi connectivity index (χ1v) is 9.56. The van der Waals surface area contributed by atoms with Crippen LogP contribution in [0, 0.1) is 6.92 Å². The van der Waals surface area contributed by atoms with Crippen LogP contribution in [0.2, 0.25) is 0 Å². The normalized spacial score (nSPS) is 11.9. The standard InChI is InChI=1S/C19H21NO3S/c1-15-14-23-19-11-10-17(13-18(15)19)24(21,22)20-12-6-5-9-16-7-3-2-4-8-16/h2-4,7-8,10-11,13-14,20H,5-6,9,12H2,1H3. The molecule has 0 amide bonds. The van der Waals surface area contributed by atoms with Gasteiger partial charge < -0.3 is 4.42 Å². The Morgan fingerprint density at radius 2 is 1.83 bits per heavy atom. The number of sulfonamides is 1. The molecule has 1 aromatic heterocycles. The second-order valence-electron chi connectivity index (χ2n) is 5.92. The van der Waals surface area contributed by atoms with E-state index < -0.39 is 10.0 Å². The molecule has 0 aliphatic rings. The largest absolute Gasteiger partial charge is 0.464 e. The van der Waals surface area contributed by atoms with Crippen molar-refractivity contribution >= 4 is 21.0 Å². The Bertz CT molecular complexity index is 914. The Hall–Kier alpha value is -2.11. The van der Waals surface area contributed by atoms with Crippen molar-refractivity contribution in [3.8, 4) is 0 Å². The Kier molecular flexibility index (Phi) is 5.02. The molecule has 1 heterocycles. The van der Waals surface area contributed by atoms with Crippen molar-refractivity contribution in [1.29, 1.82) is 0 Å². The molecule has 2 aromatic carbocycles. The van der Waals surface area contributed by atoms with Gasteiger partial charge in [-0.05, 0) is 55.5 Å². The van der Waals surface area contributed by atoms with Gasteiger partial charge in [-0.15, -0.1) is 0 Å². The van der Waals surface area contributed by atoms with Crippen LogP contribution >= 0.6 is 0 Å². The molecule has 0 fully saturated rings. The maximum Gasteiger partial charge on any atom is 0.240 e. The smallest absolute Gasteiger partial charge is 0.240 e. The SMILES string of the molecule is Cc1coc2ccc(S(=O)(=O)NCCCCc3ccccc3)cc12. The number of aryl methyl sites for hydroxylation is 2. The summed E-state index contributed by atoms with van der Waals surface area (Å²) in [6.45, 7) is 2.34. The zero-order valence-corrected chi connectivity index (χ0v) is 14.5. The van der Waals surface area contributed by atoms with Crippen molar-refractivity contribution < 1.29 is 12.8 Å². The van der Waals surface area contributed by atoms with E-state index in [0.29, 0.717) is 12.1 Å². The predicted octanol–water partition coefficient (Wildman–Crippen LogP) is 4.04. The summed E-state index contributed by atoms with van der Waals surface area (Å²) in [6.07, 6.45) is 4.36. The Morgan fingerprint density at radius 3 is 2.62 bits per heavy atom. The molecule has 0 saturated carbocycles. The van der Waals surface area contributed by atoms with E-state index in [-0.39, 0.29) is 4.90 Å². The van der Waals surface area contributed by atoms with Crippen LogP contribution in [0.1, 0.15) is 24.0 Å². The molecular formula is C19H21NO3S. The highest BCUT2D eigenvalue weighted by atomic mass is 32.2. The van der Waals surface area contributed by atoms with Gasteiger partial charge in [0.05, 0.1) is 11.2 Å².